The first-order chi connectivity index (χ1) is 24.2. The van der Waals surface area contributed by atoms with Gasteiger partial charge in [0.25, 0.3) is 0 Å². The van der Waals surface area contributed by atoms with Gasteiger partial charge in [-0.1, -0.05) is 69.4 Å². The average Bonchev–Trinajstić information content (AvgIpc) is 3.52. The van der Waals surface area contributed by atoms with Crippen LogP contribution in [0.5, 0.6) is 0 Å². The number of likely N-dealkylation sites (tertiary alicyclic amines) is 1. The smallest absolute Gasteiger partial charge is 0.318 e. The lowest BCUT2D eigenvalue weighted by Crippen LogP contribution is -2.58. The molecule has 1 saturated carbocycles. The Labute approximate surface area is 299 Å². The van der Waals surface area contributed by atoms with Crippen molar-refractivity contribution in [1.82, 2.24) is 25.8 Å². The van der Waals surface area contributed by atoms with Crippen LogP contribution >= 0.6 is 0 Å². The molecule has 3 fully saturated rings. The largest absolute Gasteiger partial charge is 0.382 e. The number of methoxy groups -OCH3 is 1. The molecule has 276 valence electrons. The Morgan fingerprint density at radius 3 is 2.46 bits per heavy atom. The number of nitrogens with zero attached hydrogens (tertiary/aromatic N) is 3. The molecule has 0 radical (unpaired) electrons. The number of ether oxygens (including phenoxy) is 2. The monoisotopic (exact) mass is 692 g/mol. The lowest BCUT2D eigenvalue weighted by Gasteiger charge is -2.36. The molecule has 50 heavy (non-hydrogen) atoms. The van der Waals surface area contributed by atoms with Crippen molar-refractivity contribution < 1.29 is 23.9 Å². The van der Waals surface area contributed by atoms with E-state index < -0.39 is 12.1 Å². The van der Waals surface area contributed by atoms with Crippen LogP contribution in [-0.4, -0.2) is 104 Å². The number of allylic oxidation sites excluding steroid dienone is 1. The Morgan fingerprint density at radius 2 is 1.80 bits per heavy atom. The molecule has 11 nitrogen and oxygen atoms in total. The SMILES string of the molecule is COC1CC(C(CC2CCCCC2)NC(=O)C(CCC2=CN=CCN2)N(C)C(=O)C(Cc2ccccc2)NC(=O)N2CCC(C)CC2)OC1C. The number of piperidine rings is 1. The van der Waals surface area contributed by atoms with Crippen LogP contribution in [0.15, 0.2) is 47.2 Å². The predicted molar refractivity (Wildman–Crippen MR) is 196 cm³/mol. The highest BCUT2D eigenvalue weighted by Crippen LogP contribution is 2.32. The van der Waals surface area contributed by atoms with Crippen molar-refractivity contribution in [1.29, 1.82) is 0 Å². The van der Waals surface area contributed by atoms with E-state index in [2.05, 4.69) is 27.9 Å². The molecule has 6 atom stereocenters. The molecular formula is C39H60N6O5. The quantitative estimate of drug-likeness (QED) is 0.257. The minimum atomic E-state index is -0.833. The molecular weight excluding hydrogens is 632 g/mol. The number of likely N-dealkylation sites (N-methyl/N-ethyl adjacent to an activating group) is 1. The third-order valence-electron chi connectivity index (χ3n) is 11.3. The Kier molecular flexibility index (Phi) is 14.1. The van der Waals surface area contributed by atoms with Gasteiger partial charge in [0.2, 0.25) is 11.8 Å². The molecule has 5 rings (SSSR count). The second kappa shape index (κ2) is 18.7. The maximum absolute atomic E-state index is 14.5. The molecule has 11 heteroatoms. The van der Waals surface area contributed by atoms with E-state index in [0.717, 1.165) is 43.4 Å². The van der Waals surface area contributed by atoms with E-state index in [9.17, 15) is 14.4 Å². The first-order valence-corrected chi connectivity index (χ1v) is 19.0. The molecule has 4 aliphatic rings. The lowest BCUT2D eigenvalue weighted by molar-refractivity contribution is -0.141. The van der Waals surface area contributed by atoms with E-state index in [4.69, 9.17) is 9.47 Å². The van der Waals surface area contributed by atoms with Crippen LogP contribution in [0.1, 0.15) is 90.0 Å². The van der Waals surface area contributed by atoms with Gasteiger partial charge in [-0.2, -0.15) is 0 Å². The first-order valence-electron chi connectivity index (χ1n) is 19.0. The minimum absolute atomic E-state index is 0.0267. The molecule has 0 aromatic heterocycles. The maximum Gasteiger partial charge on any atom is 0.318 e. The van der Waals surface area contributed by atoms with Gasteiger partial charge in [-0.25, -0.2) is 4.79 Å². The van der Waals surface area contributed by atoms with Crippen molar-refractivity contribution in [2.24, 2.45) is 16.8 Å². The third kappa shape index (κ3) is 10.5. The Morgan fingerprint density at radius 1 is 1.06 bits per heavy atom. The predicted octanol–water partition coefficient (Wildman–Crippen LogP) is 4.81. The van der Waals surface area contributed by atoms with Crippen LogP contribution in [0.4, 0.5) is 4.79 Å². The molecule has 6 unspecified atom stereocenters. The van der Waals surface area contributed by atoms with Crippen molar-refractivity contribution in [3.05, 3.63) is 47.8 Å². The van der Waals surface area contributed by atoms with Crippen molar-refractivity contribution in [3.8, 4) is 0 Å². The second-order valence-corrected chi connectivity index (χ2v) is 15.0. The van der Waals surface area contributed by atoms with Crippen molar-refractivity contribution in [3.63, 3.8) is 0 Å². The fraction of sp³-hybridized carbons (Fsp3) is 0.692. The van der Waals surface area contributed by atoms with E-state index in [0.29, 0.717) is 57.2 Å². The summed E-state index contributed by atoms with van der Waals surface area (Å²) in [5.74, 6) is 0.606. The van der Waals surface area contributed by atoms with Crippen LogP contribution in [0.2, 0.25) is 0 Å². The second-order valence-electron chi connectivity index (χ2n) is 15.0. The Balaban J connectivity index is 1.37. The highest BCUT2D eigenvalue weighted by atomic mass is 16.6. The van der Waals surface area contributed by atoms with Crippen LogP contribution in [-0.2, 0) is 25.5 Å². The number of amides is 4. The van der Waals surface area contributed by atoms with Gasteiger partial charge in [0, 0.05) is 58.2 Å². The number of urea groups is 1. The Hall–Kier alpha value is -3.44. The number of carbonyl (C=O) groups is 3. The number of hydrogen-bond acceptors (Lipinski definition) is 7. The van der Waals surface area contributed by atoms with Crippen molar-refractivity contribution in [2.45, 2.75) is 127 Å². The number of benzene rings is 1. The van der Waals surface area contributed by atoms with Crippen molar-refractivity contribution in [2.75, 3.05) is 33.8 Å². The molecule has 3 aliphatic heterocycles. The summed E-state index contributed by atoms with van der Waals surface area (Å²) in [5, 5.41) is 9.81. The van der Waals surface area contributed by atoms with Gasteiger partial charge in [-0.15, -0.1) is 0 Å². The zero-order valence-corrected chi connectivity index (χ0v) is 30.6. The summed E-state index contributed by atoms with van der Waals surface area (Å²) in [6.07, 6.45) is 14.0. The van der Waals surface area contributed by atoms with Crippen LogP contribution in [0, 0.1) is 11.8 Å². The fourth-order valence-electron chi connectivity index (χ4n) is 8.02. The number of hydrogen-bond donors (Lipinski definition) is 3. The summed E-state index contributed by atoms with van der Waals surface area (Å²) in [6.45, 7) is 6.19. The minimum Gasteiger partial charge on any atom is -0.382 e. The normalized spacial score (nSPS) is 24.8. The molecule has 1 aromatic rings. The standard InChI is InChI=1S/C39H60N6O5/c1-27-17-21-45(22-18-27)39(48)43-33(24-30-13-9-6-10-14-30)38(47)44(3)34(16-15-31-26-40-19-20-41-31)37(46)42-32(23-29-11-7-5-8-12-29)36-25-35(49-4)28(2)50-36/h6,9-10,13-14,19,26-29,32-36,41H,5,7-8,11-12,15-18,20-25H2,1-4H3,(H,42,46)(H,43,48). The van der Waals surface area contributed by atoms with E-state index in [1.165, 1.54) is 19.3 Å². The zero-order chi connectivity index (χ0) is 35.5. The number of rotatable bonds is 14. The molecule has 0 spiro atoms. The molecule has 1 aliphatic carbocycles. The van der Waals surface area contributed by atoms with E-state index in [1.807, 2.05) is 42.2 Å². The van der Waals surface area contributed by atoms with Crippen LogP contribution in [0.3, 0.4) is 0 Å². The summed E-state index contributed by atoms with van der Waals surface area (Å²) in [6, 6.07) is 7.70. The number of aliphatic imine (C=N–C) groups is 1. The first kappa shape index (κ1) is 37.8. The summed E-state index contributed by atoms with van der Waals surface area (Å²) in [5.41, 5.74) is 1.87. The van der Waals surface area contributed by atoms with E-state index >= 15 is 0 Å². The molecule has 3 heterocycles. The van der Waals surface area contributed by atoms with Gasteiger partial charge >= 0.3 is 6.03 Å². The number of nitrogens with one attached hydrogen (secondary N) is 3. The molecule has 0 bridgehead atoms. The third-order valence-corrected chi connectivity index (χ3v) is 11.3. The summed E-state index contributed by atoms with van der Waals surface area (Å²) < 4.78 is 12.1. The van der Waals surface area contributed by atoms with Gasteiger partial charge in [0.15, 0.2) is 0 Å². The summed E-state index contributed by atoms with van der Waals surface area (Å²) in [7, 11) is 3.41. The van der Waals surface area contributed by atoms with Gasteiger partial charge in [0.1, 0.15) is 12.1 Å². The van der Waals surface area contributed by atoms with Gasteiger partial charge in [0.05, 0.1) is 30.9 Å². The summed E-state index contributed by atoms with van der Waals surface area (Å²) >= 11 is 0. The number of carbonyl (C=O) groups excluding carboxylic acids is 3. The van der Waals surface area contributed by atoms with E-state index in [-0.39, 0.29) is 42.2 Å². The van der Waals surface area contributed by atoms with Crippen molar-refractivity contribution >= 4 is 24.1 Å². The van der Waals surface area contributed by atoms with E-state index in [1.54, 1.807) is 31.5 Å². The molecule has 4 amide bonds. The topological polar surface area (TPSA) is 125 Å². The highest BCUT2D eigenvalue weighted by Gasteiger charge is 2.41. The molecule has 1 aromatic carbocycles. The fourth-order valence-corrected chi connectivity index (χ4v) is 8.02. The van der Waals surface area contributed by atoms with Crippen LogP contribution < -0.4 is 16.0 Å². The highest BCUT2D eigenvalue weighted by molar-refractivity contribution is 5.92. The molecule has 3 N–H and O–H groups in total. The average molecular weight is 693 g/mol. The zero-order valence-electron chi connectivity index (χ0n) is 30.6. The van der Waals surface area contributed by atoms with Gasteiger partial charge in [-0.05, 0) is 56.4 Å². The van der Waals surface area contributed by atoms with Crippen LogP contribution in [0.25, 0.3) is 0 Å². The van der Waals surface area contributed by atoms with Gasteiger partial charge < -0.3 is 35.2 Å². The lowest BCUT2D eigenvalue weighted by atomic mass is 9.83. The Bertz CT molecular complexity index is 1310. The molecule has 2 saturated heterocycles. The van der Waals surface area contributed by atoms with Gasteiger partial charge in [-0.3, -0.25) is 14.6 Å². The maximum atomic E-state index is 14.5. The summed E-state index contributed by atoms with van der Waals surface area (Å²) in [4.78, 5) is 50.2.